The first kappa shape index (κ1) is 15.0. The van der Waals surface area contributed by atoms with Gasteiger partial charge in [0.1, 0.15) is 5.60 Å². The van der Waals surface area contributed by atoms with Gasteiger partial charge in [0.25, 0.3) is 0 Å². The van der Waals surface area contributed by atoms with Crippen molar-refractivity contribution in [3.63, 3.8) is 0 Å². The molecule has 1 aromatic rings. The number of hydrogen-bond donors (Lipinski definition) is 2. The monoisotopic (exact) mass is 278 g/mol. The number of nitrogens with zero attached hydrogens (tertiary/aromatic N) is 1. The lowest BCUT2D eigenvalue weighted by molar-refractivity contribution is -0.156. The van der Waals surface area contributed by atoms with Crippen LogP contribution in [-0.2, 0) is 16.0 Å². The Hall–Kier alpha value is -1.43. The number of hydrogen-bond acceptors (Lipinski definition) is 4. The van der Waals surface area contributed by atoms with Gasteiger partial charge in [0.15, 0.2) is 0 Å². The van der Waals surface area contributed by atoms with E-state index in [1.807, 2.05) is 31.2 Å². The van der Waals surface area contributed by atoms with Crippen LogP contribution in [0.1, 0.15) is 11.1 Å². The van der Waals surface area contributed by atoms with Gasteiger partial charge in [-0.3, -0.25) is 4.79 Å². The van der Waals surface area contributed by atoms with Crippen LogP contribution in [0, 0.1) is 6.92 Å². The summed E-state index contributed by atoms with van der Waals surface area (Å²) in [5, 5.41) is 9.77. The van der Waals surface area contributed by atoms with Crippen LogP contribution < -0.4 is 5.73 Å². The average Bonchev–Trinajstić information content (AvgIpc) is 2.49. The zero-order chi connectivity index (χ0) is 14.6. The normalized spacial score (nSPS) is 22.9. The highest BCUT2D eigenvalue weighted by Crippen LogP contribution is 2.24. The Morgan fingerprint density at radius 3 is 2.90 bits per heavy atom. The quantitative estimate of drug-likeness (QED) is 0.818. The summed E-state index contributed by atoms with van der Waals surface area (Å²) >= 11 is 0. The minimum absolute atomic E-state index is 0.00806. The molecule has 5 heteroatoms. The van der Waals surface area contributed by atoms with Crippen molar-refractivity contribution >= 4 is 5.91 Å². The van der Waals surface area contributed by atoms with Crippen molar-refractivity contribution in [2.75, 3.05) is 32.8 Å². The Kier molecular flexibility index (Phi) is 4.75. The van der Waals surface area contributed by atoms with Crippen LogP contribution >= 0.6 is 0 Å². The van der Waals surface area contributed by atoms with Crippen molar-refractivity contribution in [2.24, 2.45) is 5.73 Å². The number of ether oxygens (including phenoxy) is 1. The van der Waals surface area contributed by atoms with Crippen LogP contribution in [0.2, 0.25) is 0 Å². The van der Waals surface area contributed by atoms with Gasteiger partial charge in [-0.15, -0.1) is 0 Å². The maximum atomic E-state index is 11.8. The first-order valence-electron chi connectivity index (χ1n) is 6.87. The van der Waals surface area contributed by atoms with Gasteiger partial charge in [-0.05, 0) is 18.1 Å². The molecule has 20 heavy (non-hydrogen) atoms. The lowest BCUT2D eigenvalue weighted by atomic mass is 9.91. The van der Waals surface area contributed by atoms with Crippen molar-refractivity contribution in [1.29, 1.82) is 0 Å². The van der Waals surface area contributed by atoms with Gasteiger partial charge >= 0.3 is 0 Å². The summed E-state index contributed by atoms with van der Waals surface area (Å²) in [6.45, 7) is 3.26. The molecule has 1 aliphatic rings. The molecule has 1 atom stereocenters. The third kappa shape index (κ3) is 3.17. The highest BCUT2D eigenvalue weighted by molar-refractivity contribution is 5.78. The second kappa shape index (κ2) is 6.35. The summed E-state index contributed by atoms with van der Waals surface area (Å²) in [7, 11) is 0. The second-order valence-electron chi connectivity index (χ2n) is 5.31. The molecule has 0 bridgehead atoms. The summed E-state index contributed by atoms with van der Waals surface area (Å²) in [6, 6.07) is 8.02. The van der Waals surface area contributed by atoms with Gasteiger partial charge in [-0.2, -0.15) is 0 Å². The molecular formula is C15H22N2O3. The van der Waals surface area contributed by atoms with Crippen LogP contribution in [0.15, 0.2) is 24.3 Å². The summed E-state index contributed by atoms with van der Waals surface area (Å²) in [5.41, 5.74) is 6.97. The molecule has 0 unspecified atom stereocenters. The lowest BCUT2D eigenvalue weighted by Crippen LogP contribution is -2.57. The van der Waals surface area contributed by atoms with E-state index in [0.29, 0.717) is 26.1 Å². The van der Waals surface area contributed by atoms with Crippen molar-refractivity contribution < 1.29 is 14.6 Å². The van der Waals surface area contributed by atoms with E-state index in [-0.39, 0.29) is 19.1 Å². The van der Waals surface area contributed by atoms with E-state index in [1.54, 1.807) is 4.90 Å². The molecule has 0 spiro atoms. The molecule has 0 aromatic heterocycles. The molecule has 0 saturated carbocycles. The third-order valence-electron chi connectivity index (χ3n) is 3.84. The lowest BCUT2D eigenvalue weighted by Gasteiger charge is -2.42. The van der Waals surface area contributed by atoms with Gasteiger partial charge in [-0.25, -0.2) is 0 Å². The predicted octanol–water partition coefficient (Wildman–Crippen LogP) is 0.0861. The second-order valence-corrected chi connectivity index (χ2v) is 5.31. The molecule has 110 valence electrons. The van der Waals surface area contributed by atoms with Crippen LogP contribution in [0.4, 0.5) is 0 Å². The van der Waals surface area contributed by atoms with E-state index in [2.05, 4.69) is 0 Å². The molecule has 5 nitrogen and oxygen atoms in total. The van der Waals surface area contributed by atoms with Crippen molar-refractivity contribution in [3.8, 4) is 0 Å². The van der Waals surface area contributed by atoms with E-state index in [9.17, 15) is 9.90 Å². The maximum absolute atomic E-state index is 11.8. The van der Waals surface area contributed by atoms with E-state index >= 15 is 0 Å². The minimum atomic E-state index is -0.727. The van der Waals surface area contributed by atoms with E-state index < -0.39 is 5.60 Å². The van der Waals surface area contributed by atoms with Crippen LogP contribution in [0.3, 0.4) is 0 Å². The van der Waals surface area contributed by atoms with Crippen molar-refractivity contribution in [3.05, 3.63) is 35.4 Å². The first-order valence-corrected chi connectivity index (χ1v) is 6.87. The molecule has 2 rings (SSSR count). The molecule has 3 N–H and O–H groups in total. The van der Waals surface area contributed by atoms with Crippen molar-refractivity contribution in [1.82, 2.24) is 4.90 Å². The SMILES string of the molecule is Cc1ccccc1C[C@@]1(CO)CN(C(=O)CN)CCO1. The maximum Gasteiger partial charge on any atom is 0.236 e. The Bertz CT molecular complexity index is 478. The third-order valence-corrected chi connectivity index (χ3v) is 3.84. The highest BCUT2D eigenvalue weighted by Gasteiger charge is 2.38. The van der Waals surface area contributed by atoms with Crippen LogP contribution in [0.25, 0.3) is 0 Å². The van der Waals surface area contributed by atoms with Gasteiger partial charge in [0, 0.05) is 13.0 Å². The Morgan fingerprint density at radius 1 is 1.50 bits per heavy atom. The average molecular weight is 278 g/mol. The fraction of sp³-hybridized carbons (Fsp3) is 0.533. The Balaban J connectivity index is 2.17. The summed E-state index contributed by atoms with van der Waals surface area (Å²) in [4.78, 5) is 13.4. The standard InChI is InChI=1S/C15H22N2O3/c1-12-4-2-3-5-13(12)8-15(11-18)10-17(6-7-20-15)14(19)9-16/h2-5,18H,6-11,16H2,1H3/t15-/m0/s1. The molecule has 1 fully saturated rings. The fourth-order valence-electron chi connectivity index (χ4n) is 2.60. The predicted molar refractivity (Wildman–Crippen MR) is 76.3 cm³/mol. The van der Waals surface area contributed by atoms with Gasteiger partial charge in [0.2, 0.25) is 5.91 Å². The molecule has 0 aliphatic carbocycles. The summed E-state index contributed by atoms with van der Waals surface area (Å²) in [5.74, 6) is -0.101. The number of benzene rings is 1. The summed E-state index contributed by atoms with van der Waals surface area (Å²) < 4.78 is 5.81. The number of aryl methyl sites for hydroxylation is 1. The van der Waals surface area contributed by atoms with E-state index in [1.165, 1.54) is 0 Å². The molecule has 1 heterocycles. The van der Waals surface area contributed by atoms with Crippen LogP contribution in [0.5, 0.6) is 0 Å². The number of aliphatic hydroxyl groups is 1. The first-order chi connectivity index (χ1) is 9.60. The number of amides is 1. The largest absolute Gasteiger partial charge is 0.393 e. The zero-order valence-electron chi connectivity index (χ0n) is 11.8. The number of nitrogens with two attached hydrogens (primary N) is 1. The number of carbonyl (C=O) groups is 1. The number of morpholine rings is 1. The topological polar surface area (TPSA) is 75.8 Å². The molecule has 0 radical (unpaired) electrons. The highest BCUT2D eigenvalue weighted by atomic mass is 16.5. The smallest absolute Gasteiger partial charge is 0.236 e. The van der Waals surface area contributed by atoms with E-state index in [4.69, 9.17) is 10.5 Å². The van der Waals surface area contributed by atoms with E-state index in [0.717, 1.165) is 11.1 Å². The van der Waals surface area contributed by atoms with Gasteiger partial charge in [0.05, 0.1) is 26.3 Å². The Morgan fingerprint density at radius 2 is 2.25 bits per heavy atom. The molecule has 1 aliphatic heterocycles. The fourth-order valence-corrected chi connectivity index (χ4v) is 2.60. The molecular weight excluding hydrogens is 256 g/mol. The number of aliphatic hydroxyl groups excluding tert-OH is 1. The molecule has 1 amide bonds. The van der Waals surface area contributed by atoms with Crippen molar-refractivity contribution in [2.45, 2.75) is 18.9 Å². The molecule has 1 aromatic carbocycles. The Labute approximate surface area is 119 Å². The van der Waals surface area contributed by atoms with Gasteiger partial charge < -0.3 is 20.5 Å². The van der Waals surface area contributed by atoms with Gasteiger partial charge in [-0.1, -0.05) is 24.3 Å². The zero-order valence-corrected chi connectivity index (χ0v) is 11.8. The minimum Gasteiger partial charge on any atom is -0.393 e. The number of carbonyl (C=O) groups excluding carboxylic acids is 1. The molecule has 1 saturated heterocycles. The van der Waals surface area contributed by atoms with Crippen LogP contribution in [-0.4, -0.2) is 54.4 Å². The summed E-state index contributed by atoms with van der Waals surface area (Å²) in [6.07, 6.45) is 0.588. The number of rotatable bonds is 4.